The number of amides is 2. The van der Waals surface area contributed by atoms with Crippen molar-refractivity contribution in [3.63, 3.8) is 0 Å². The molecule has 6 nitrogen and oxygen atoms in total. The van der Waals surface area contributed by atoms with Crippen molar-refractivity contribution >= 4 is 32.7 Å². The number of nitrogens with zero attached hydrogens (tertiary/aromatic N) is 2. The smallest absolute Gasteiger partial charge is 0.324 e. The minimum absolute atomic E-state index is 0.127. The highest BCUT2D eigenvalue weighted by atomic mass is 32.1. The number of thiazole rings is 1. The molecule has 2 aliphatic heterocycles. The number of anilines is 1. The van der Waals surface area contributed by atoms with Gasteiger partial charge in [-0.2, -0.15) is 0 Å². The molecule has 2 amide bonds. The zero-order chi connectivity index (χ0) is 16.4. The summed E-state index contributed by atoms with van der Waals surface area (Å²) in [6.07, 6.45) is 1.40. The van der Waals surface area contributed by atoms with Gasteiger partial charge in [-0.05, 0) is 18.6 Å². The number of nitrogens with one attached hydrogen (secondary N) is 1. The molecule has 8 heteroatoms. The number of hydrogen-bond acceptors (Lipinski definition) is 5. The first-order valence-corrected chi connectivity index (χ1v) is 8.95. The molecule has 24 heavy (non-hydrogen) atoms. The van der Waals surface area contributed by atoms with Crippen LogP contribution in [0.1, 0.15) is 12.0 Å². The molecule has 1 saturated carbocycles. The average molecular weight is 348 g/mol. The molecule has 3 N–H and O–H groups in total. The van der Waals surface area contributed by atoms with E-state index in [2.05, 4.69) is 5.32 Å². The maximum Gasteiger partial charge on any atom is 0.324 e. The maximum absolute atomic E-state index is 13.2. The molecule has 3 heterocycles. The van der Waals surface area contributed by atoms with Crippen LogP contribution in [0.2, 0.25) is 0 Å². The van der Waals surface area contributed by atoms with Crippen molar-refractivity contribution in [2.45, 2.75) is 31.0 Å². The second-order valence-electron chi connectivity index (χ2n) is 6.62. The van der Waals surface area contributed by atoms with Gasteiger partial charge in [0.15, 0.2) is 5.13 Å². The number of halogens is 1. The summed E-state index contributed by atoms with van der Waals surface area (Å²) < 4.78 is 19.8. The molecule has 2 aromatic rings. The van der Waals surface area contributed by atoms with Gasteiger partial charge in [0.2, 0.25) is 0 Å². The van der Waals surface area contributed by atoms with Gasteiger partial charge in [0.25, 0.3) is 0 Å². The minimum atomic E-state index is -0.456. The second kappa shape index (κ2) is 5.03. The third kappa shape index (κ3) is 1.83. The SMILES string of the molecule is N[C@@H]1[C@@H](CF)C[C@@H]2[C@H]1NC(=O)N2c1nc2c3c(ccc2s1)OCC3. The first-order chi connectivity index (χ1) is 11.7. The summed E-state index contributed by atoms with van der Waals surface area (Å²) in [6, 6.07) is 3.07. The highest BCUT2D eigenvalue weighted by molar-refractivity contribution is 7.22. The molecule has 1 aliphatic carbocycles. The van der Waals surface area contributed by atoms with E-state index in [1.807, 2.05) is 12.1 Å². The Balaban J connectivity index is 1.56. The first kappa shape index (κ1) is 14.4. The highest BCUT2D eigenvalue weighted by Crippen LogP contribution is 2.41. The average Bonchev–Trinajstić information content (AvgIpc) is 3.30. The monoisotopic (exact) mass is 348 g/mol. The normalized spacial score (nSPS) is 31.2. The molecule has 1 aromatic carbocycles. The molecule has 4 atom stereocenters. The summed E-state index contributed by atoms with van der Waals surface area (Å²) >= 11 is 1.49. The fourth-order valence-electron chi connectivity index (χ4n) is 4.14. The van der Waals surface area contributed by atoms with Gasteiger partial charge >= 0.3 is 6.03 Å². The fourth-order valence-corrected chi connectivity index (χ4v) is 5.19. The van der Waals surface area contributed by atoms with E-state index in [4.69, 9.17) is 15.5 Å². The zero-order valence-electron chi connectivity index (χ0n) is 12.9. The highest BCUT2D eigenvalue weighted by Gasteiger charge is 2.52. The molecule has 0 radical (unpaired) electrons. The predicted octanol–water partition coefficient (Wildman–Crippen LogP) is 1.81. The summed E-state index contributed by atoms with van der Waals surface area (Å²) in [4.78, 5) is 18.8. The molecular formula is C16H17FN4O2S. The number of hydrogen-bond donors (Lipinski definition) is 2. The Labute approximate surface area is 141 Å². The zero-order valence-corrected chi connectivity index (χ0v) is 13.7. The number of alkyl halides is 1. The van der Waals surface area contributed by atoms with Crippen LogP contribution in [0.5, 0.6) is 5.75 Å². The standard InChI is InChI=1S/C16H17FN4O2S/c17-6-7-5-9-14(12(7)18)19-15(22)21(9)16-20-13-8-3-4-23-10(8)1-2-11(13)24-16/h1-2,7,9,12,14H,3-6,18H2,(H,19,22)/t7-,9-,12-,14-/m1/s1. The van der Waals surface area contributed by atoms with Crippen molar-refractivity contribution in [3.8, 4) is 5.75 Å². The third-order valence-corrected chi connectivity index (χ3v) is 6.40. The van der Waals surface area contributed by atoms with Gasteiger partial charge in [-0.3, -0.25) is 9.29 Å². The number of urea groups is 1. The Bertz CT molecular complexity index is 841. The number of nitrogens with two attached hydrogens (primary N) is 1. The van der Waals surface area contributed by atoms with E-state index in [1.165, 1.54) is 11.3 Å². The molecule has 0 unspecified atom stereocenters. The molecule has 3 aliphatic rings. The number of rotatable bonds is 2. The van der Waals surface area contributed by atoms with Crippen LogP contribution < -0.4 is 20.7 Å². The van der Waals surface area contributed by atoms with E-state index >= 15 is 0 Å². The lowest BCUT2D eigenvalue weighted by Crippen LogP contribution is -2.45. The van der Waals surface area contributed by atoms with E-state index in [0.717, 1.165) is 28.0 Å². The first-order valence-electron chi connectivity index (χ1n) is 8.14. The topological polar surface area (TPSA) is 80.5 Å². The number of fused-ring (bicyclic) bond motifs is 4. The van der Waals surface area contributed by atoms with Gasteiger partial charge in [-0.25, -0.2) is 9.78 Å². The molecule has 0 bridgehead atoms. The van der Waals surface area contributed by atoms with Crippen molar-refractivity contribution in [3.05, 3.63) is 17.7 Å². The number of carbonyl (C=O) groups is 1. The van der Waals surface area contributed by atoms with Gasteiger partial charge < -0.3 is 15.8 Å². The van der Waals surface area contributed by atoms with E-state index in [9.17, 15) is 9.18 Å². The van der Waals surface area contributed by atoms with Crippen LogP contribution in [-0.4, -0.2) is 42.4 Å². The Morgan fingerprint density at radius 3 is 3.21 bits per heavy atom. The second-order valence-corrected chi connectivity index (χ2v) is 7.63. The van der Waals surface area contributed by atoms with Gasteiger partial charge in [0.05, 0.1) is 35.6 Å². The van der Waals surface area contributed by atoms with Crippen molar-refractivity contribution in [2.24, 2.45) is 11.7 Å². The summed E-state index contributed by atoms with van der Waals surface area (Å²) in [5.74, 6) is 0.665. The van der Waals surface area contributed by atoms with E-state index in [0.29, 0.717) is 18.2 Å². The van der Waals surface area contributed by atoms with Crippen LogP contribution >= 0.6 is 11.3 Å². The Kier molecular flexibility index (Phi) is 3.02. The van der Waals surface area contributed by atoms with Crippen LogP contribution in [-0.2, 0) is 6.42 Å². The van der Waals surface area contributed by atoms with Crippen molar-refractivity contribution < 1.29 is 13.9 Å². The number of ether oxygens (including phenoxy) is 1. The Morgan fingerprint density at radius 1 is 1.50 bits per heavy atom. The van der Waals surface area contributed by atoms with Crippen LogP contribution in [0, 0.1) is 5.92 Å². The lowest BCUT2D eigenvalue weighted by molar-refractivity contribution is 0.246. The molecular weight excluding hydrogens is 331 g/mol. The van der Waals surface area contributed by atoms with E-state index in [1.54, 1.807) is 4.90 Å². The molecule has 1 aromatic heterocycles. The van der Waals surface area contributed by atoms with Crippen LogP contribution in [0.25, 0.3) is 10.2 Å². The van der Waals surface area contributed by atoms with E-state index in [-0.39, 0.29) is 30.1 Å². The molecule has 1 saturated heterocycles. The number of benzene rings is 1. The van der Waals surface area contributed by atoms with Crippen LogP contribution in [0.15, 0.2) is 12.1 Å². The summed E-state index contributed by atoms with van der Waals surface area (Å²) in [5.41, 5.74) is 8.13. The maximum atomic E-state index is 13.2. The van der Waals surface area contributed by atoms with Gasteiger partial charge in [0.1, 0.15) is 5.75 Å². The van der Waals surface area contributed by atoms with Crippen molar-refractivity contribution in [2.75, 3.05) is 18.2 Å². The van der Waals surface area contributed by atoms with Crippen LogP contribution in [0.4, 0.5) is 14.3 Å². The summed E-state index contributed by atoms with van der Waals surface area (Å²) in [7, 11) is 0. The van der Waals surface area contributed by atoms with Gasteiger partial charge in [-0.1, -0.05) is 11.3 Å². The Morgan fingerprint density at radius 2 is 2.38 bits per heavy atom. The van der Waals surface area contributed by atoms with Gasteiger partial charge in [0, 0.05) is 23.9 Å². The molecule has 5 rings (SSSR count). The lowest BCUT2D eigenvalue weighted by Gasteiger charge is -2.19. The predicted molar refractivity (Wildman–Crippen MR) is 89.5 cm³/mol. The number of aromatic nitrogens is 1. The summed E-state index contributed by atoms with van der Waals surface area (Å²) in [6.45, 7) is 0.214. The lowest BCUT2D eigenvalue weighted by atomic mass is 10.1. The van der Waals surface area contributed by atoms with Gasteiger partial charge in [-0.15, -0.1) is 0 Å². The molecule has 2 fully saturated rings. The third-order valence-electron chi connectivity index (χ3n) is 5.38. The largest absolute Gasteiger partial charge is 0.493 e. The molecule has 126 valence electrons. The fraction of sp³-hybridized carbons (Fsp3) is 0.500. The number of carbonyl (C=O) groups excluding carboxylic acids is 1. The Hall–Kier alpha value is -1.93. The van der Waals surface area contributed by atoms with Crippen LogP contribution in [0.3, 0.4) is 0 Å². The van der Waals surface area contributed by atoms with Crippen molar-refractivity contribution in [1.29, 1.82) is 0 Å². The quantitative estimate of drug-likeness (QED) is 0.867. The summed E-state index contributed by atoms with van der Waals surface area (Å²) in [5, 5.41) is 3.57. The molecule has 0 spiro atoms. The van der Waals surface area contributed by atoms with E-state index < -0.39 is 6.67 Å². The van der Waals surface area contributed by atoms with Crippen molar-refractivity contribution in [1.82, 2.24) is 10.3 Å². The minimum Gasteiger partial charge on any atom is -0.493 e.